The molecule has 0 bridgehead atoms. The monoisotopic (exact) mass is 303 g/mol. The smallest absolute Gasteiger partial charge is 0.240 e. The van der Waals surface area contributed by atoms with Crippen molar-refractivity contribution in [2.45, 2.75) is 24.3 Å². The van der Waals surface area contributed by atoms with E-state index in [1.807, 2.05) is 0 Å². The lowest BCUT2D eigenvalue weighted by atomic mass is 10.2. The van der Waals surface area contributed by atoms with Crippen molar-refractivity contribution >= 4 is 10.0 Å². The number of rotatable bonds is 8. The summed E-state index contributed by atoms with van der Waals surface area (Å²) in [5, 5.41) is 8.94. The van der Waals surface area contributed by atoms with E-state index < -0.39 is 16.1 Å². The molecule has 0 saturated carbocycles. The fourth-order valence-electron chi connectivity index (χ4n) is 1.84. The molecular weight excluding hydrogens is 282 g/mol. The standard InChI is InChI=1S/C13H21NO5S/c1-10-8-12(4-5-13(10)19-3)20(16,17)14-11(6-7-15)9-18-2/h4-5,8,11,14-15H,6-7,9H2,1-3H3. The van der Waals surface area contributed by atoms with Crippen molar-refractivity contribution in [1.29, 1.82) is 0 Å². The Hall–Kier alpha value is -1.15. The van der Waals surface area contributed by atoms with Gasteiger partial charge in [-0.3, -0.25) is 0 Å². The van der Waals surface area contributed by atoms with Crippen LogP contribution in [0.25, 0.3) is 0 Å². The van der Waals surface area contributed by atoms with Crippen LogP contribution in [0.1, 0.15) is 12.0 Å². The molecule has 0 amide bonds. The van der Waals surface area contributed by atoms with Crippen LogP contribution in [0.3, 0.4) is 0 Å². The van der Waals surface area contributed by atoms with Gasteiger partial charge in [-0.05, 0) is 37.1 Å². The molecule has 0 saturated heterocycles. The highest BCUT2D eigenvalue weighted by Gasteiger charge is 2.20. The van der Waals surface area contributed by atoms with Gasteiger partial charge in [-0.15, -0.1) is 0 Å². The third-order valence-electron chi connectivity index (χ3n) is 2.84. The van der Waals surface area contributed by atoms with Crippen LogP contribution in [0, 0.1) is 6.92 Å². The van der Waals surface area contributed by atoms with E-state index in [1.165, 1.54) is 20.3 Å². The molecule has 1 rings (SSSR count). The maximum atomic E-state index is 12.3. The molecule has 2 N–H and O–H groups in total. The third-order valence-corrected chi connectivity index (χ3v) is 4.36. The Balaban J connectivity index is 2.94. The predicted molar refractivity (Wildman–Crippen MR) is 75.4 cm³/mol. The molecule has 1 atom stereocenters. The zero-order valence-corrected chi connectivity index (χ0v) is 12.7. The molecule has 1 aromatic rings. The van der Waals surface area contributed by atoms with Gasteiger partial charge >= 0.3 is 0 Å². The number of aliphatic hydroxyl groups excluding tert-OH is 1. The van der Waals surface area contributed by atoms with E-state index in [9.17, 15) is 8.42 Å². The molecule has 0 radical (unpaired) electrons. The second-order valence-electron chi connectivity index (χ2n) is 4.42. The number of aryl methyl sites for hydroxylation is 1. The largest absolute Gasteiger partial charge is 0.496 e. The van der Waals surface area contributed by atoms with Gasteiger partial charge in [0.15, 0.2) is 0 Å². The number of hydrogen-bond donors (Lipinski definition) is 2. The summed E-state index contributed by atoms with van der Waals surface area (Å²) in [6.07, 6.45) is 0.294. The van der Waals surface area contributed by atoms with Gasteiger partial charge in [0.2, 0.25) is 10.0 Å². The van der Waals surface area contributed by atoms with E-state index in [1.54, 1.807) is 19.1 Å². The molecule has 20 heavy (non-hydrogen) atoms. The molecule has 6 nitrogen and oxygen atoms in total. The summed E-state index contributed by atoms with van der Waals surface area (Å²) in [5.41, 5.74) is 0.737. The summed E-state index contributed by atoms with van der Waals surface area (Å²) in [7, 11) is -0.633. The van der Waals surface area contributed by atoms with Crippen LogP contribution in [0.2, 0.25) is 0 Å². The van der Waals surface area contributed by atoms with Crippen molar-refractivity contribution in [2.75, 3.05) is 27.4 Å². The lowest BCUT2D eigenvalue weighted by molar-refractivity contribution is 0.158. The summed E-state index contributed by atoms with van der Waals surface area (Å²) < 4.78 is 37.1. The Morgan fingerprint density at radius 3 is 2.55 bits per heavy atom. The minimum absolute atomic E-state index is 0.113. The molecule has 0 spiro atoms. The SMILES string of the molecule is COCC(CCO)NS(=O)(=O)c1ccc(OC)c(C)c1. The van der Waals surface area contributed by atoms with Crippen molar-refractivity contribution < 1.29 is 23.0 Å². The Morgan fingerprint density at radius 1 is 1.35 bits per heavy atom. The highest BCUT2D eigenvalue weighted by molar-refractivity contribution is 7.89. The van der Waals surface area contributed by atoms with E-state index >= 15 is 0 Å². The van der Waals surface area contributed by atoms with Gasteiger partial charge in [0.1, 0.15) is 5.75 Å². The molecule has 7 heteroatoms. The van der Waals surface area contributed by atoms with Crippen LogP contribution >= 0.6 is 0 Å². The van der Waals surface area contributed by atoms with E-state index in [4.69, 9.17) is 14.6 Å². The topological polar surface area (TPSA) is 84.9 Å². The first-order chi connectivity index (χ1) is 9.44. The van der Waals surface area contributed by atoms with Crippen molar-refractivity contribution in [3.63, 3.8) is 0 Å². The number of benzene rings is 1. The van der Waals surface area contributed by atoms with E-state index in [0.29, 0.717) is 12.2 Å². The highest BCUT2D eigenvalue weighted by Crippen LogP contribution is 2.21. The summed E-state index contributed by atoms with van der Waals surface area (Å²) in [6, 6.07) is 4.18. The summed E-state index contributed by atoms with van der Waals surface area (Å²) in [5.74, 6) is 0.632. The van der Waals surface area contributed by atoms with E-state index in [0.717, 1.165) is 5.56 Å². The normalized spacial score (nSPS) is 13.2. The van der Waals surface area contributed by atoms with Gasteiger partial charge in [-0.2, -0.15) is 0 Å². The number of aliphatic hydroxyl groups is 1. The number of hydrogen-bond acceptors (Lipinski definition) is 5. The minimum atomic E-state index is -3.65. The zero-order chi connectivity index (χ0) is 15.2. The second-order valence-corrected chi connectivity index (χ2v) is 6.13. The van der Waals surface area contributed by atoms with Gasteiger partial charge in [-0.1, -0.05) is 0 Å². The number of methoxy groups -OCH3 is 2. The van der Waals surface area contributed by atoms with Crippen LogP contribution in [-0.2, 0) is 14.8 Å². The lowest BCUT2D eigenvalue weighted by Gasteiger charge is -2.17. The average molecular weight is 303 g/mol. The highest BCUT2D eigenvalue weighted by atomic mass is 32.2. The molecule has 0 aliphatic heterocycles. The molecule has 0 aliphatic rings. The van der Waals surface area contributed by atoms with Gasteiger partial charge < -0.3 is 14.6 Å². The lowest BCUT2D eigenvalue weighted by Crippen LogP contribution is -2.38. The van der Waals surface area contributed by atoms with E-state index in [2.05, 4.69) is 4.72 Å². The fourth-order valence-corrected chi connectivity index (χ4v) is 3.18. The van der Waals surface area contributed by atoms with Gasteiger partial charge in [-0.25, -0.2) is 13.1 Å². The first-order valence-corrected chi connectivity index (χ1v) is 7.69. The van der Waals surface area contributed by atoms with Crippen LogP contribution in [-0.4, -0.2) is 47.0 Å². The summed E-state index contributed by atoms with van der Waals surface area (Å²) in [6.45, 7) is 1.87. The minimum Gasteiger partial charge on any atom is -0.496 e. The maximum Gasteiger partial charge on any atom is 0.240 e. The molecule has 0 aliphatic carbocycles. The maximum absolute atomic E-state index is 12.3. The van der Waals surface area contributed by atoms with Gasteiger partial charge in [0, 0.05) is 19.8 Å². The quantitative estimate of drug-likeness (QED) is 0.737. The molecule has 114 valence electrons. The zero-order valence-electron chi connectivity index (χ0n) is 11.9. The molecular formula is C13H21NO5S. The second kappa shape index (κ2) is 7.58. The van der Waals surface area contributed by atoms with Crippen molar-refractivity contribution in [3.05, 3.63) is 23.8 Å². The van der Waals surface area contributed by atoms with Crippen molar-refractivity contribution in [1.82, 2.24) is 4.72 Å². The molecule has 0 aromatic heterocycles. The molecule has 0 fully saturated rings. The van der Waals surface area contributed by atoms with Crippen LogP contribution in [0.4, 0.5) is 0 Å². The van der Waals surface area contributed by atoms with E-state index in [-0.39, 0.29) is 18.1 Å². The average Bonchev–Trinajstić information content (AvgIpc) is 2.38. The van der Waals surface area contributed by atoms with Gasteiger partial charge in [0.25, 0.3) is 0 Å². The summed E-state index contributed by atoms with van der Waals surface area (Å²) >= 11 is 0. The van der Waals surface area contributed by atoms with Crippen LogP contribution in [0.15, 0.2) is 23.1 Å². The Labute approximate surface area is 119 Å². The first kappa shape index (κ1) is 16.9. The van der Waals surface area contributed by atoms with Crippen LogP contribution in [0.5, 0.6) is 5.75 Å². The predicted octanol–water partition coefficient (Wildman–Crippen LogP) is 0.679. The van der Waals surface area contributed by atoms with Gasteiger partial charge in [0.05, 0.1) is 18.6 Å². The number of nitrogens with one attached hydrogen (secondary N) is 1. The van der Waals surface area contributed by atoms with Crippen molar-refractivity contribution in [3.8, 4) is 5.75 Å². The third kappa shape index (κ3) is 4.45. The van der Waals surface area contributed by atoms with Crippen molar-refractivity contribution in [2.24, 2.45) is 0 Å². The Kier molecular flexibility index (Phi) is 6.41. The number of sulfonamides is 1. The fraction of sp³-hybridized carbons (Fsp3) is 0.538. The molecule has 1 aromatic carbocycles. The van der Waals surface area contributed by atoms with Crippen LogP contribution < -0.4 is 9.46 Å². The first-order valence-electron chi connectivity index (χ1n) is 6.21. The Morgan fingerprint density at radius 2 is 2.05 bits per heavy atom. The Bertz CT molecular complexity index is 524. The number of ether oxygens (including phenoxy) is 2. The summed E-state index contributed by atoms with van der Waals surface area (Å²) in [4.78, 5) is 0.162. The molecule has 0 heterocycles. The molecule has 1 unspecified atom stereocenters.